The number of hydrogen-bond donors (Lipinski definition) is 2. The topological polar surface area (TPSA) is 128 Å². The van der Waals surface area contributed by atoms with Gasteiger partial charge >= 0.3 is 5.69 Å². The standard InChI is InChI=1S/C16H17BrN2O7S/c1-9-2-4-10(5-3-9)27(23,24)25-8-13-12(20)6-14(26-13)19-7-11(17)15(21)18-16(19)22/h2-5,7,12-14,20H,6,8H2,1H3,(H,18,21,22)/t12-,13+,14+/m0/s1. The van der Waals surface area contributed by atoms with Crippen molar-refractivity contribution in [1.82, 2.24) is 9.55 Å². The Morgan fingerprint density at radius 1 is 1.33 bits per heavy atom. The number of halogens is 1. The van der Waals surface area contributed by atoms with Crippen molar-refractivity contribution < 1.29 is 22.4 Å². The van der Waals surface area contributed by atoms with E-state index < -0.39 is 46.4 Å². The molecule has 2 N–H and O–H groups in total. The van der Waals surface area contributed by atoms with Gasteiger partial charge in [-0.05, 0) is 35.0 Å². The summed E-state index contributed by atoms with van der Waals surface area (Å²) in [6.07, 6.45) is -1.56. The largest absolute Gasteiger partial charge is 0.390 e. The summed E-state index contributed by atoms with van der Waals surface area (Å²) in [7, 11) is -4.01. The number of nitrogens with one attached hydrogen (secondary N) is 1. The lowest BCUT2D eigenvalue weighted by Crippen LogP contribution is -2.33. The van der Waals surface area contributed by atoms with Crippen LogP contribution < -0.4 is 11.2 Å². The van der Waals surface area contributed by atoms with Gasteiger partial charge in [0.2, 0.25) is 0 Å². The van der Waals surface area contributed by atoms with Crippen molar-refractivity contribution in [2.75, 3.05) is 6.61 Å². The number of aromatic nitrogens is 2. The maximum Gasteiger partial charge on any atom is 0.330 e. The summed E-state index contributed by atoms with van der Waals surface area (Å²) in [6, 6.07) is 6.15. The number of nitrogens with zero attached hydrogens (tertiary/aromatic N) is 1. The lowest BCUT2D eigenvalue weighted by molar-refractivity contribution is -0.0400. The van der Waals surface area contributed by atoms with E-state index in [-0.39, 0.29) is 15.8 Å². The molecule has 0 radical (unpaired) electrons. The first-order chi connectivity index (χ1) is 12.7. The van der Waals surface area contributed by atoms with Crippen molar-refractivity contribution in [3.8, 4) is 0 Å². The highest BCUT2D eigenvalue weighted by molar-refractivity contribution is 9.10. The van der Waals surface area contributed by atoms with Gasteiger partial charge in [0.15, 0.2) is 0 Å². The lowest BCUT2D eigenvalue weighted by Gasteiger charge is -2.16. The van der Waals surface area contributed by atoms with Gasteiger partial charge in [0, 0.05) is 12.6 Å². The van der Waals surface area contributed by atoms with Crippen LogP contribution in [-0.2, 0) is 19.0 Å². The first kappa shape index (κ1) is 20.0. The summed E-state index contributed by atoms with van der Waals surface area (Å²) in [4.78, 5) is 25.4. The molecule has 2 heterocycles. The van der Waals surface area contributed by atoms with E-state index in [2.05, 4.69) is 20.9 Å². The number of aryl methyl sites for hydroxylation is 1. The Balaban J connectivity index is 1.70. The minimum Gasteiger partial charge on any atom is -0.390 e. The van der Waals surface area contributed by atoms with E-state index >= 15 is 0 Å². The van der Waals surface area contributed by atoms with Gasteiger partial charge in [-0.25, -0.2) is 4.79 Å². The van der Waals surface area contributed by atoms with Crippen molar-refractivity contribution in [1.29, 1.82) is 0 Å². The van der Waals surface area contributed by atoms with Crippen LogP contribution in [0.15, 0.2) is 49.4 Å². The highest BCUT2D eigenvalue weighted by atomic mass is 79.9. The zero-order chi connectivity index (χ0) is 19.8. The maximum absolute atomic E-state index is 12.2. The van der Waals surface area contributed by atoms with Gasteiger partial charge in [0.1, 0.15) is 12.3 Å². The van der Waals surface area contributed by atoms with E-state index in [0.717, 1.165) is 10.1 Å². The summed E-state index contributed by atoms with van der Waals surface area (Å²) < 4.78 is 36.3. The molecule has 11 heteroatoms. The van der Waals surface area contributed by atoms with Crippen molar-refractivity contribution in [2.24, 2.45) is 0 Å². The molecule has 0 saturated carbocycles. The molecule has 9 nitrogen and oxygen atoms in total. The second-order valence-electron chi connectivity index (χ2n) is 6.13. The van der Waals surface area contributed by atoms with Crippen LogP contribution >= 0.6 is 15.9 Å². The monoisotopic (exact) mass is 460 g/mol. The van der Waals surface area contributed by atoms with Crippen molar-refractivity contribution in [2.45, 2.75) is 36.7 Å². The highest BCUT2D eigenvalue weighted by Gasteiger charge is 2.37. The predicted molar refractivity (Wildman–Crippen MR) is 97.9 cm³/mol. The van der Waals surface area contributed by atoms with Crippen LogP contribution in [0.5, 0.6) is 0 Å². The number of hydrogen-bond acceptors (Lipinski definition) is 7. The maximum atomic E-state index is 12.2. The Morgan fingerprint density at radius 2 is 2.00 bits per heavy atom. The van der Waals surface area contributed by atoms with Crippen LogP contribution in [0.1, 0.15) is 18.2 Å². The van der Waals surface area contributed by atoms with Crippen molar-refractivity contribution >= 4 is 26.0 Å². The van der Waals surface area contributed by atoms with Gasteiger partial charge in [-0.3, -0.25) is 18.5 Å². The van der Waals surface area contributed by atoms with Gasteiger partial charge < -0.3 is 9.84 Å². The second kappa shape index (κ2) is 7.68. The van der Waals surface area contributed by atoms with Crippen LogP contribution in [0, 0.1) is 6.92 Å². The molecule has 0 amide bonds. The molecule has 0 spiro atoms. The molecule has 3 rings (SSSR count). The molecule has 3 atom stereocenters. The Hall–Kier alpha value is -1.79. The molecular formula is C16H17BrN2O7S. The van der Waals surface area contributed by atoms with Gasteiger partial charge in [-0.1, -0.05) is 17.7 Å². The molecule has 0 bridgehead atoms. The van der Waals surface area contributed by atoms with Crippen LogP contribution in [-0.4, -0.2) is 41.9 Å². The number of aliphatic hydroxyl groups is 1. The van der Waals surface area contributed by atoms with Crippen LogP contribution in [0.25, 0.3) is 0 Å². The normalized spacial score (nSPS) is 22.9. The Labute approximate surface area is 162 Å². The minimum absolute atomic E-state index is 0.00192. The molecule has 1 aliphatic heterocycles. The van der Waals surface area contributed by atoms with E-state index in [1.165, 1.54) is 18.3 Å². The highest BCUT2D eigenvalue weighted by Crippen LogP contribution is 2.29. The third-order valence-electron chi connectivity index (χ3n) is 4.14. The average Bonchev–Trinajstić information content (AvgIpc) is 2.97. The van der Waals surface area contributed by atoms with Gasteiger partial charge in [0.25, 0.3) is 15.7 Å². The van der Waals surface area contributed by atoms with E-state index in [4.69, 9.17) is 8.92 Å². The molecule has 1 saturated heterocycles. The number of H-pyrrole nitrogens is 1. The molecule has 0 unspecified atom stereocenters. The van der Waals surface area contributed by atoms with Gasteiger partial charge in [-0.15, -0.1) is 0 Å². The smallest absolute Gasteiger partial charge is 0.330 e. The lowest BCUT2D eigenvalue weighted by atomic mass is 10.2. The number of benzene rings is 1. The first-order valence-corrected chi connectivity index (χ1v) is 10.2. The number of ether oxygens (including phenoxy) is 1. The second-order valence-corrected chi connectivity index (χ2v) is 8.60. The Morgan fingerprint density at radius 3 is 2.67 bits per heavy atom. The fourth-order valence-corrected chi connectivity index (χ4v) is 3.88. The number of aromatic amines is 1. The number of aliphatic hydroxyl groups excluding tert-OH is 1. The van der Waals surface area contributed by atoms with Crippen molar-refractivity contribution in [3.63, 3.8) is 0 Å². The quantitative estimate of drug-likeness (QED) is 0.627. The summed E-state index contributed by atoms with van der Waals surface area (Å²) in [5.41, 5.74) is -0.378. The first-order valence-electron chi connectivity index (χ1n) is 7.98. The zero-order valence-electron chi connectivity index (χ0n) is 14.2. The van der Waals surface area contributed by atoms with E-state index in [1.807, 2.05) is 6.92 Å². The molecule has 0 aliphatic carbocycles. The summed E-state index contributed by atoms with van der Waals surface area (Å²) >= 11 is 3.02. The molecule has 2 aromatic rings. The molecule has 146 valence electrons. The minimum atomic E-state index is -4.01. The van der Waals surface area contributed by atoms with Crippen LogP contribution in [0.3, 0.4) is 0 Å². The van der Waals surface area contributed by atoms with Crippen LogP contribution in [0.4, 0.5) is 0 Å². The van der Waals surface area contributed by atoms with Crippen LogP contribution in [0.2, 0.25) is 0 Å². The average molecular weight is 461 g/mol. The summed E-state index contributed by atoms with van der Waals surface area (Å²) in [6.45, 7) is 1.42. The van der Waals surface area contributed by atoms with E-state index in [0.29, 0.717) is 0 Å². The van der Waals surface area contributed by atoms with Crippen molar-refractivity contribution in [3.05, 3.63) is 61.3 Å². The zero-order valence-corrected chi connectivity index (χ0v) is 16.6. The van der Waals surface area contributed by atoms with E-state index in [9.17, 15) is 23.1 Å². The third-order valence-corrected chi connectivity index (χ3v) is 6.00. The Bertz CT molecular complexity index is 1050. The molecular weight excluding hydrogens is 444 g/mol. The summed E-state index contributed by atoms with van der Waals surface area (Å²) in [5.74, 6) is 0. The van der Waals surface area contributed by atoms with Gasteiger partial charge in [-0.2, -0.15) is 8.42 Å². The Kier molecular flexibility index (Phi) is 5.68. The fraction of sp³-hybridized carbons (Fsp3) is 0.375. The molecule has 27 heavy (non-hydrogen) atoms. The fourth-order valence-electron chi connectivity index (χ4n) is 2.64. The molecule has 1 fully saturated rings. The number of rotatable bonds is 5. The molecule has 1 aromatic heterocycles. The summed E-state index contributed by atoms with van der Waals surface area (Å²) in [5, 5.41) is 10.1. The van der Waals surface area contributed by atoms with E-state index in [1.54, 1.807) is 12.1 Å². The predicted octanol–water partition coefficient (Wildman–Crippen LogP) is 0.661. The third kappa shape index (κ3) is 4.38. The van der Waals surface area contributed by atoms with Gasteiger partial charge in [0.05, 0.1) is 22.1 Å². The SMILES string of the molecule is Cc1ccc(S(=O)(=O)OC[C@H]2O[C@@H](n3cc(Br)c(=O)[nH]c3=O)C[C@@H]2O)cc1. The molecule has 1 aromatic carbocycles. The molecule has 1 aliphatic rings.